The highest BCUT2D eigenvalue weighted by Crippen LogP contribution is 2.26. The lowest BCUT2D eigenvalue weighted by molar-refractivity contribution is 0.433. The van der Waals surface area contributed by atoms with E-state index in [0.29, 0.717) is 5.75 Å². The minimum Gasteiger partial charge on any atom is -0.508 e. The fraction of sp³-hybridized carbons (Fsp3) is 0.222. The smallest absolute Gasteiger partial charge is 0.134 e. The van der Waals surface area contributed by atoms with Crippen molar-refractivity contribution in [1.82, 2.24) is 5.32 Å². The molecule has 1 heterocycles. The van der Waals surface area contributed by atoms with Gasteiger partial charge in [-0.25, -0.2) is 0 Å². The molecule has 3 nitrogen and oxygen atoms in total. The normalized spacial score (nSPS) is 12.6. The molecule has 0 radical (unpaired) electrons. The maximum Gasteiger partial charge on any atom is 0.134 e. The van der Waals surface area contributed by atoms with Gasteiger partial charge in [0, 0.05) is 5.39 Å². The molecule has 21 heavy (non-hydrogen) atoms. The Balaban J connectivity index is 1.90. The molecule has 0 spiro atoms. The van der Waals surface area contributed by atoms with Crippen molar-refractivity contribution in [3.8, 4) is 5.75 Å². The quantitative estimate of drug-likeness (QED) is 0.742. The molecule has 0 bridgehead atoms. The first kappa shape index (κ1) is 13.7. The zero-order valence-corrected chi connectivity index (χ0v) is 12.0. The molecule has 3 heteroatoms. The molecule has 108 valence electrons. The summed E-state index contributed by atoms with van der Waals surface area (Å²) in [6, 6.07) is 17.6. The monoisotopic (exact) mass is 281 g/mol. The maximum atomic E-state index is 9.60. The highest BCUT2D eigenvalue weighted by Gasteiger charge is 2.16. The first-order valence-electron chi connectivity index (χ1n) is 7.26. The SMILES string of the molecule is CCNC(Cc1cccc(O)c1)c1cc2ccccc2o1. The van der Waals surface area contributed by atoms with E-state index in [0.717, 1.165) is 35.3 Å². The van der Waals surface area contributed by atoms with Crippen LogP contribution in [0.25, 0.3) is 11.0 Å². The number of aromatic hydroxyl groups is 1. The van der Waals surface area contributed by atoms with E-state index < -0.39 is 0 Å². The van der Waals surface area contributed by atoms with Gasteiger partial charge in [0.2, 0.25) is 0 Å². The van der Waals surface area contributed by atoms with Gasteiger partial charge in [-0.2, -0.15) is 0 Å². The maximum absolute atomic E-state index is 9.60. The van der Waals surface area contributed by atoms with E-state index in [4.69, 9.17) is 4.42 Å². The van der Waals surface area contributed by atoms with E-state index in [-0.39, 0.29) is 6.04 Å². The number of likely N-dealkylation sites (N-methyl/N-ethyl adjacent to an activating group) is 1. The summed E-state index contributed by atoms with van der Waals surface area (Å²) in [4.78, 5) is 0. The summed E-state index contributed by atoms with van der Waals surface area (Å²) in [5.74, 6) is 1.23. The van der Waals surface area contributed by atoms with Crippen LogP contribution in [-0.2, 0) is 6.42 Å². The number of nitrogens with one attached hydrogen (secondary N) is 1. The van der Waals surface area contributed by atoms with Crippen molar-refractivity contribution < 1.29 is 9.52 Å². The summed E-state index contributed by atoms with van der Waals surface area (Å²) < 4.78 is 5.96. The molecule has 1 atom stereocenters. The number of phenols is 1. The van der Waals surface area contributed by atoms with Crippen LogP contribution in [0, 0.1) is 0 Å². The van der Waals surface area contributed by atoms with Gasteiger partial charge in [-0.3, -0.25) is 0 Å². The lowest BCUT2D eigenvalue weighted by Crippen LogP contribution is -2.22. The van der Waals surface area contributed by atoms with Gasteiger partial charge in [-0.1, -0.05) is 37.3 Å². The summed E-state index contributed by atoms with van der Waals surface area (Å²) in [5.41, 5.74) is 1.99. The molecule has 0 aliphatic carbocycles. The Morgan fingerprint density at radius 3 is 2.71 bits per heavy atom. The summed E-state index contributed by atoms with van der Waals surface area (Å²) in [6.45, 7) is 2.94. The lowest BCUT2D eigenvalue weighted by Gasteiger charge is -2.15. The van der Waals surface area contributed by atoms with Gasteiger partial charge in [0.1, 0.15) is 17.1 Å². The van der Waals surface area contributed by atoms with Crippen LogP contribution >= 0.6 is 0 Å². The summed E-state index contributed by atoms with van der Waals surface area (Å²) in [6.07, 6.45) is 0.780. The fourth-order valence-electron chi connectivity index (χ4n) is 2.61. The van der Waals surface area contributed by atoms with Crippen LogP contribution in [0.2, 0.25) is 0 Å². The fourth-order valence-corrected chi connectivity index (χ4v) is 2.61. The van der Waals surface area contributed by atoms with Crippen molar-refractivity contribution in [3.05, 3.63) is 65.9 Å². The number of rotatable bonds is 5. The van der Waals surface area contributed by atoms with Crippen molar-refractivity contribution in [2.45, 2.75) is 19.4 Å². The Hall–Kier alpha value is -2.26. The van der Waals surface area contributed by atoms with E-state index in [1.165, 1.54) is 0 Å². The molecule has 0 fully saturated rings. The van der Waals surface area contributed by atoms with Gasteiger partial charge in [-0.15, -0.1) is 0 Å². The lowest BCUT2D eigenvalue weighted by atomic mass is 10.0. The number of hydrogen-bond donors (Lipinski definition) is 2. The van der Waals surface area contributed by atoms with Crippen LogP contribution in [0.5, 0.6) is 5.75 Å². The Labute approximate surface area is 124 Å². The predicted molar refractivity (Wildman–Crippen MR) is 84.4 cm³/mol. The van der Waals surface area contributed by atoms with Crippen LogP contribution < -0.4 is 5.32 Å². The van der Waals surface area contributed by atoms with Crippen molar-refractivity contribution in [2.75, 3.05) is 6.54 Å². The zero-order chi connectivity index (χ0) is 14.7. The zero-order valence-electron chi connectivity index (χ0n) is 12.0. The summed E-state index contributed by atoms with van der Waals surface area (Å²) in [7, 11) is 0. The molecule has 3 rings (SSSR count). The third-order valence-corrected chi connectivity index (χ3v) is 3.59. The summed E-state index contributed by atoms with van der Waals surface area (Å²) >= 11 is 0. The Morgan fingerprint density at radius 1 is 1.10 bits per heavy atom. The average molecular weight is 281 g/mol. The summed E-state index contributed by atoms with van der Waals surface area (Å²) in [5, 5.41) is 14.2. The average Bonchev–Trinajstić information content (AvgIpc) is 2.91. The second-order valence-corrected chi connectivity index (χ2v) is 5.17. The molecule has 0 amide bonds. The second-order valence-electron chi connectivity index (χ2n) is 5.17. The van der Waals surface area contributed by atoms with Crippen LogP contribution in [-0.4, -0.2) is 11.7 Å². The van der Waals surface area contributed by atoms with Gasteiger partial charge in [0.05, 0.1) is 6.04 Å². The number of phenolic OH excluding ortho intramolecular Hbond substituents is 1. The number of fused-ring (bicyclic) bond motifs is 1. The number of hydrogen-bond acceptors (Lipinski definition) is 3. The van der Waals surface area contributed by atoms with E-state index in [9.17, 15) is 5.11 Å². The Bertz CT molecular complexity index is 700. The van der Waals surface area contributed by atoms with Crippen LogP contribution in [0.15, 0.2) is 59.0 Å². The predicted octanol–water partition coefficient (Wildman–Crippen LogP) is 4.03. The van der Waals surface area contributed by atoms with Gasteiger partial charge in [-0.05, 0) is 42.8 Å². The highest BCUT2D eigenvalue weighted by molar-refractivity contribution is 5.77. The molecule has 1 unspecified atom stereocenters. The third kappa shape index (κ3) is 3.09. The number of para-hydroxylation sites is 1. The number of furan rings is 1. The Morgan fingerprint density at radius 2 is 1.95 bits per heavy atom. The molecule has 0 aliphatic rings. The van der Waals surface area contributed by atoms with E-state index in [1.807, 2.05) is 30.3 Å². The van der Waals surface area contributed by atoms with Crippen molar-refractivity contribution >= 4 is 11.0 Å². The topological polar surface area (TPSA) is 45.4 Å². The molecule has 0 aliphatic heterocycles. The van der Waals surface area contributed by atoms with Gasteiger partial charge < -0.3 is 14.8 Å². The van der Waals surface area contributed by atoms with Gasteiger partial charge in [0.25, 0.3) is 0 Å². The molecular formula is C18H19NO2. The largest absolute Gasteiger partial charge is 0.508 e. The second kappa shape index (κ2) is 6.02. The molecule has 2 N–H and O–H groups in total. The van der Waals surface area contributed by atoms with Crippen molar-refractivity contribution in [2.24, 2.45) is 0 Å². The van der Waals surface area contributed by atoms with Crippen LogP contribution in [0.3, 0.4) is 0 Å². The molecule has 2 aromatic carbocycles. The minimum atomic E-state index is 0.101. The molecule has 1 aromatic heterocycles. The van der Waals surface area contributed by atoms with Crippen molar-refractivity contribution in [3.63, 3.8) is 0 Å². The van der Waals surface area contributed by atoms with Crippen LogP contribution in [0.4, 0.5) is 0 Å². The van der Waals surface area contributed by atoms with Crippen LogP contribution in [0.1, 0.15) is 24.3 Å². The van der Waals surface area contributed by atoms with Gasteiger partial charge in [0.15, 0.2) is 0 Å². The molecule has 0 saturated carbocycles. The molecule has 3 aromatic rings. The van der Waals surface area contributed by atoms with E-state index >= 15 is 0 Å². The first-order chi connectivity index (χ1) is 10.3. The van der Waals surface area contributed by atoms with E-state index in [1.54, 1.807) is 12.1 Å². The minimum absolute atomic E-state index is 0.101. The Kier molecular flexibility index (Phi) is 3.93. The number of benzene rings is 2. The molecular weight excluding hydrogens is 262 g/mol. The molecule has 0 saturated heterocycles. The first-order valence-corrected chi connectivity index (χ1v) is 7.26. The van der Waals surface area contributed by atoms with Gasteiger partial charge >= 0.3 is 0 Å². The van der Waals surface area contributed by atoms with Crippen molar-refractivity contribution in [1.29, 1.82) is 0 Å². The van der Waals surface area contributed by atoms with E-state index in [2.05, 4.69) is 24.4 Å². The third-order valence-electron chi connectivity index (χ3n) is 3.59. The standard InChI is InChI=1S/C18H19NO2/c1-2-19-16(11-13-6-5-8-15(20)10-13)18-12-14-7-3-4-9-17(14)21-18/h3-10,12,16,19-20H,2,11H2,1H3. The highest BCUT2D eigenvalue weighted by atomic mass is 16.3.